The van der Waals surface area contributed by atoms with Crippen molar-refractivity contribution in [3.05, 3.63) is 29.8 Å². The molecule has 0 bridgehead atoms. The van der Waals surface area contributed by atoms with Crippen LogP contribution in [0, 0.1) is 0 Å². The van der Waals surface area contributed by atoms with Crippen LogP contribution >= 0.6 is 0 Å². The van der Waals surface area contributed by atoms with E-state index >= 15 is 0 Å². The van der Waals surface area contributed by atoms with Crippen LogP contribution in [0.15, 0.2) is 34.3 Å². The van der Waals surface area contributed by atoms with Gasteiger partial charge in [-0.25, -0.2) is 9.57 Å². The normalized spacial score (nSPS) is 21.3. The second kappa shape index (κ2) is 7.22. The van der Waals surface area contributed by atoms with E-state index in [0.717, 1.165) is 37.2 Å². The minimum absolute atomic E-state index is 0.310. The summed E-state index contributed by atoms with van der Waals surface area (Å²) in [5.74, 6) is 0. The lowest BCUT2D eigenvalue weighted by Crippen LogP contribution is -2.41. The van der Waals surface area contributed by atoms with Crippen LogP contribution in [0.4, 0.5) is 0 Å². The predicted molar refractivity (Wildman–Crippen MR) is 104 cm³/mol. The van der Waals surface area contributed by atoms with Crippen molar-refractivity contribution in [2.24, 2.45) is 9.98 Å². The van der Waals surface area contributed by atoms with Crippen LogP contribution in [-0.2, 0) is 9.31 Å². The Labute approximate surface area is 150 Å². The van der Waals surface area contributed by atoms with Gasteiger partial charge in [0.1, 0.15) is 6.54 Å². The van der Waals surface area contributed by atoms with Crippen LogP contribution in [0.2, 0.25) is 0 Å². The van der Waals surface area contributed by atoms with E-state index in [1.165, 1.54) is 0 Å². The molecule has 0 amide bonds. The summed E-state index contributed by atoms with van der Waals surface area (Å²) in [6, 6.07) is 8.23. The van der Waals surface area contributed by atoms with Crippen molar-refractivity contribution in [3.8, 4) is 0 Å². The number of hydrogen-bond donors (Lipinski definition) is 0. The van der Waals surface area contributed by atoms with E-state index in [0.29, 0.717) is 0 Å². The molecule has 0 N–H and O–H groups in total. The fourth-order valence-electron chi connectivity index (χ4n) is 2.74. The number of aliphatic imine (C=N–C) groups is 2. The molecule has 0 aromatic heterocycles. The van der Waals surface area contributed by atoms with Gasteiger partial charge in [-0.3, -0.25) is 4.99 Å². The molecule has 5 nitrogen and oxygen atoms in total. The van der Waals surface area contributed by atoms with E-state index in [1.807, 2.05) is 18.6 Å². The molecule has 25 heavy (non-hydrogen) atoms. The largest absolute Gasteiger partial charge is 0.494 e. The van der Waals surface area contributed by atoms with Gasteiger partial charge in [0.15, 0.2) is 6.21 Å². The van der Waals surface area contributed by atoms with E-state index in [-0.39, 0.29) is 18.3 Å². The lowest BCUT2D eigenvalue weighted by atomic mass is 9.79. The quantitative estimate of drug-likeness (QED) is 0.344. The van der Waals surface area contributed by atoms with Gasteiger partial charge in [-0.15, -0.1) is 0 Å². The molecular formula is C19H27BN3O2+. The van der Waals surface area contributed by atoms with Crippen molar-refractivity contribution in [3.63, 3.8) is 0 Å². The summed E-state index contributed by atoms with van der Waals surface area (Å²) in [4.78, 5) is 8.66. The number of nitrogens with zero attached hydrogens (tertiary/aromatic N) is 3. The second-order valence-electron chi connectivity index (χ2n) is 7.58. The Morgan fingerprint density at radius 1 is 1.16 bits per heavy atom. The van der Waals surface area contributed by atoms with Crippen LogP contribution < -0.4 is 5.46 Å². The molecule has 132 valence electrons. The average Bonchev–Trinajstić information content (AvgIpc) is 3.14. The summed E-state index contributed by atoms with van der Waals surface area (Å²) < 4.78 is 14.3. The molecule has 2 heterocycles. The molecule has 2 aliphatic heterocycles. The van der Waals surface area contributed by atoms with Crippen molar-refractivity contribution in [2.75, 3.05) is 19.8 Å². The first-order chi connectivity index (χ1) is 11.9. The predicted octanol–water partition coefficient (Wildman–Crippen LogP) is 1.92. The zero-order valence-corrected chi connectivity index (χ0v) is 15.6. The molecule has 2 aliphatic rings. The number of rotatable bonds is 6. The van der Waals surface area contributed by atoms with Gasteiger partial charge in [0.05, 0.1) is 17.4 Å². The zero-order valence-electron chi connectivity index (χ0n) is 15.6. The Morgan fingerprint density at radius 2 is 1.84 bits per heavy atom. The highest BCUT2D eigenvalue weighted by molar-refractivity contribution is 6.62. The second-order valence-corrected chi connectivity index (χ2v) is 7.58. The molecule has 1 aromatic rings. The maximum Gasteiger partial charge on any atom is 0.494 e. The van der Waals surface area contributed by atoms with E-state index < -0.39 is 0 Å². The molecule has 0 radical (unpaired) electrons. The first kappa shape index (κ1) is 18.0. The molecule has 1 aromatic carbocycles. The van der Waals surface area contributed by atoms with Crippen LogP contribution in [0.3, 0.4) is 0 Å². The number of benzene rings is 1. The van der Waals surface area contributed by atoms with Gasteiger partial charge in [0, 0.05) is 19.2 Å². The minimum atomic E-state index is -0.310. The topological polar surface area (TPSA) is 46.2 Å². The highest BCUT2D eigenvalue weighted by Gasteiger charge is 2.51. The van der Waals surface area contributed by atoms with Gasteiger partial charge < -0.3 is 9.31 Å². The summed E-state index contributed by atoms with van der Waals surface area (Å²) >= 11 is 0. The maximum absolute atomic E-state index is 6.08. The summed E-state index contributed by atoms with van der Waals surface area (Å²) in [5.41, 5.74) is 1.52. The molecule has 1 saturated heterocycles. The molecular weight excluding hydrogens is 313 g/mol. The van der Waals surface area contributed by atoms with Crippen molar-refractivity contribution in [1.82, 2.24) is 0 Å². The maximum atomic E-state index is 6.08. The Hall–Kier alpha value is -1.79. The molecule has 0 atom stereocenters. The van der Waals surface area contributed by atoms with E-state index in [1.54, 1.807) is 0 Å². The van der Waals surface area contributed by atoms with Gasteiger partial charge in [-0.1, -0.05) is 24.3 Å². The van der Waals surface area contributed by atoms with E-state index in [4.69, 9.17) is 9.31 Å². The van der Waals surface area contributed by atoms with E-state index in [2.05, 4.69) is 66.5 Å². The molecule has 6 heteroatoms. The van der Waals surface area contributed by atoms with Crippen molar-refractivity contribution < 1.29 is 13.9 Å². The summed E-state index contributed by atoms with van der Waals surface area (Å²) in [6.45, 7) is 10.9. The summed E-state index contributed by atoms with van der Waals surface area (Å²) in [5, 5.41) is 0. The van der Waals surface area contributed by atoms with Crippen molar-refractivity contribution in [2.45, 2.75) is 45.3 Å². The Balaban J connectivity index is 1.50. The van der Waals surface area contributed by atoms with E-state index in [9.17, 15) is 0 Å². The molecule has 3 rings (SSSR count). The van der Waals surface area contributed by atoms with Crippen molar-refractivity contribution >= 4 is 31.2 Å². The monoisotopic (exact) mass is 340 g/mol. The third-order valence-corrected chi connectivity index (χ3v) is 5.08. The minimum Gasteiger partial charge on any atom is -0.399 e. The van der Waals surface area contributed by atoms with Crippen LogP contribution in [-0.4, -0.2) is 61.3 Å². The van der Waals surface area contributed by atoms with Gasteiger partial charge in [-0.2, -0.15) is 0 Å². The molecule has 0 unspecified atom stereocenters. The Morgan fingerprint density at radius 3 is 2.44 bits per heavy atom. The van der Waals surface area contributed by atoms with Crippen LogP contribution in [0.1, 0.15) is 39.7 Å². The third-order valence-electron chi connectivity index (χ3n) is 5.08. The smallest absolute Gasteiger partial charge is 0.399 e. The first-order valence-corrected chi connectivity index (χ1v) is 8.90. The van der Waals surface area contributed by atoms with Crippen LogP contribution in [0.25, 0.3) is 0 Å². The van der Waals surface area contributed by atoms with Gasteiger partial charge >= 0.3 is 7.12 Å². The number of hydrogen-bond acceptors (Lipinski definition) is 4. The highest BCUT2D eigenvalue weighted by atomic mass is 16.7. The van der Waals surface area contributed by atoms with Crippen molar-refractivity contribution in [1.29, 1.82) is 0 Å². The van der Waals surface area contributed by atoms with Gasteiger partial charge in [0.25, 0.3) is 0 Å². The Kier molecular flexibility index (Phi) is 5.20. The van der Waals surface area contributed by atoms with Gasteiger partial charge in [-0.05, 0) is 38.7 Å². The van der Waals surface area contributed by atoms with Gasteiger partial charge in [0.2, 0.25) is 6.67 Å². The fraction of sp³-hybridized carbons (Fsp3) is 0.526. The fourth-order valence-corrected chi connectivity index (χ4v) is 2.74. The lowest BCUT2D eigenvalue weighted by Gasteiger charge is -2.32. The zero-order chi connectivity index (χ0) is 17.9. The SMILES string of the molecule is CC1(C)OB(c2ccc(C=NCCC[N+]3=CC=NC3)cc2)OC1(C)C. The summed E-state index contributed by atoms with van der Waals surface area (Å²) in [7, 11) is -0.310. The summed E-state index contributed by atoms with van der Waals surface area (Å²) in [6.07, 6.45) is 6.84. The molecule has 0 spiro atoms. The standard InChI is InChI=1S/C19H27BN3O2/c1-18(2)19(3,4)25-20(24-18)17-8-6-16(7-9-17)14-21-10-5-12-23-13-11-22-15-23/h6-9,11,13-14H,5,10,12,15H2,1-4H3/q+1. The third kappa shape index (κ3) is 4.25. The average molecular weight is 340 g/mol. The molecule has 1 fully saturated rings. The Bertz CT molecular complexity index is 677. The van der Waals surface area contributed by atoms with Crippen LogP contribution in [0.5, 0.6) is 0 Å². The molecule has 0 saturated carbocycles. The lowest BCUT2D eigenvalue weighted by molar-refractivity contribution is -0.516. The highest BCUT2D eigenvalue weighted by Crippen LogP contribution is 2.36. The molecule has 0 aliphatic carbocycles. The first-order valence-electron chi connectivity index (χ1n) is 8.90.